The van der Waals surface area contributed by atoms with Gasteiger partial charge < -0.3 is 20.1 Å². The number of esters is 1. The topological polar surface area (TPSA) is 138 Å². The fourth-order valence-corrected chi connectivity index (χ4v) is 3.49. The van der Waals surface area contributed by atoms with E-state index in [1.54, 1.807) is 0 Å². The van der Waals surface area contributed by atoms with Crippen LogP contribution in [0.3, 0.4) is 0 Å². The Hall–Kier alpha value is -2.90. The Kier molecular flexibility index (Phi) is 12.7. The number of carbonyl (C=O) groups is 4. The number of ether oxygens (including phenoxy) is 1. The van der Waals surface area contributed by atoms with Gasteiger partial charge in [0.2, 0.25) is 0 Å². The summed E-state index contributed by atoms with van der Waals surface area (Å²) in [5, 5.41) is 27.6. The number of carboxylic acids is 3. The van der Waals surface area contributed by atoms with Gasteiger partial charge in [0.05, 0.1) is 28.9 Å². The lowest BCUT2D eigenvalue weighted by Gasteiger charge is -2.10. The Bertz CT molecular complexity index is 784. The number of hydrogen-bond donors (Lipinski definition) is 3. The highest BCUT2D eigenvalue weighted by Crippen LogP contribution is 2.20. The average molecular weight is 451 g/mol. The van der Waals surface area contributed by atoms with Crippen LogP contribution in [0.25, 0.3) is 0 Å². The molecule has 1 aromatic rings. The number of aromatic carboxylic acids is 3. The zero-order valence-electron chi connectivity index (χ0n) is 18.7. The lowest BCUT2D eigenvalue weighted by molar-refractivity contribution is 0.0486. The molecule has 0 bridgehead atoms. The average Bonchev–Trinajstić information content (AvgIpc) is 2.75. The van der Waals surface area contributed by atoms with E-state index in [0.29, 0.717) is 12.5 Å². The first-order valence-electron chi connectivity index (χ1n) is 11.3. The molecule has 8 heteroatoms. The minimum absolute atomic E-state index is 0.0818. The Morgan fingerprint density at radius 2 is 0.938 bits per heavy atom. The lowest BCUT2D eigenvalue weighted by Crippen LogP contribution is -2.17. The Morgan fingerprint density at radius 3 is 1.34 bits per heavy atom. The molecule has 0 fully saturated rings. The van der Waals surface area contributed by atoms with E-state index in [-0.39, 0.29) is 6.61 Å². The molecule has 0 saturated carbocycles. The molecule has 1 rings (SSSR count). The fourth-order valence-electron chi connectivity index (χ4n) is 3.49. The second-order valence-electron chi connectivity index (χ2n) is 7.88. The van der Waals surface area contributed by atoms with Crippen LogP contribution >= 0.6 is 0 Å². The smallest absolute Gasteiger partial charge is 0.339 e. The Morgan fingerprint density at radius 1 is 0.594 bits per heavy atom. The number of unbranched alkanes of at least 4 members (excludes halogenated alkanes) is 11. The Labute approximate surface area is 188 Å². The van der Waals surface area contributed by atoms with E-state index in [0.717, 1.165) is 25.3 Å². The molecule has 0 aliphatic carbocycles. The van der Waals surface area contributed by atoms with Crippen LogP contribution < -0.4 is 0 Å². The van der Waals surface area contributed by atoms with Gasteiger partial charge in [-0.05, 0) is 18.6 Å². The van der Waals surface area contributed by atoms with Crippen LogP contribution in [0.5, 0.6) is 0 Å². The summed E-state index contributed by atoms with van der Waals surface area (Å²) in [4.78, 5) is 46.2. The van der Waals surface area contributed by atoms with E-state index in [4.69, 9.17) is 9.84 Å². The van der Waals surface area contributed by atoms with Crippen molar-refractivity contribution < 1.29 is 39.2 Å². The first kappa shape index (κ1) is 27.1. The first-order chi connectivity index (χ1) is 15.3. The maximum atomic E-state index is 12.3. The standard InChI is InChI=1S/C24H34O8/c1-2-3-4-5-6-7-8-9-10-11-12-13-14-32-24(31)20-16-18(22(27)28)17(21(25)26)15-19(20)23(29)30/h15-16H,2-14H2,1H3,(H,25,26)(H,27,28)(H,29,30). The highest BCUT2D eigenvalue weighted by molar-refractivity contribution is 6.09. The number of hydrogen-bond acceptors (Lipinski definition) is 5. The molecule has 0 heterocycles. The number of benzene rings is 1. The highest BCUT2D eigenvalue weighted by Gasteiger charge is 2.26. The SMILES string of the molecule is CCCCCCCCCCCCCCOC(=O)c1cc(C(=O)O)c(C(=O)O)cc1C(=O)O. The first-order valence-corrected chi connectivity index (χ1v) is 11.3. The fraction of sp³-hybridized carbons (Fsp3) is 0.583. The van der Waals surface area contributed by atoms with Gasteiger partial charge in [0.25, 0.3) is 0 Å². The van der Waals surface area contributed by atoms with Crippen LogP contribution in [0, 0.1) is 0 Å². The van der Waals surface area contributed by atoms with Crippen molar-refractivity contribution in [3.05, 3.63) is 34.4 Å². The maximum absolute atomic E-state index is 12.3. The van der Waals surface area contributed by atoms with Crippen molar-refractivity contribution in [3.63, 3.8) is 0 Å². The monoisotopic (exact) mass is 450 g/mol. The van der Waals surface area contributed by atoms with Crippen molar-refractivity contribution in [3.8, 4) is 0 Å². The molecule has 32 heavy (non-hydrogen) atoms. The number of carboxylic acid groups (broad SMARTS) is 3. The van der Waals surface area contributed by atoms with E-state index < -0.39 is 46.1 Å². The van der Waals surface area contributed by atoms with E-state index in [9.17, 15) is 29.4 Å². The number of carbonyl (C=O) groups excluding carboxylic acids is 1. The van der Waals surface area contributed by atoms with E-state index >= 15 is 0 Å². The van der Waals surface area contributed by atoms with Crippen LogP contribution in [-0.2, 0) is 4.74 Å². The minimum Gasteiger partial charge on any atom is -0.478 e. The molecular weight excluding hydrogens is 416 g/mol. The molecule has 0 amide bonds. The van der Waals surface area contributed by atoms with Crippen molar-refractivity contribution in [1.82, 2.24) is 0 Å². The van der Waals surface area contributed by atoms with Gasteiger partial charge in [0, 0.05) is 0 Å². The van der Waals surface area contributed by atoms with E-state index in [1.807, 2.05) is 0 Å². The van der Waals surface area contributed by atoms with Crippen molar-refractivity contribution in [2.45, 2.75) is 84.0 Å². The van der Waals surface area contributed by atoms with Gasteiger partial charge in [-0.15, -0.1) is 0 Å². The van der Waals surface area contributed by atoms with Gasteiger partial charge in [-0.2, -0.15) is 0 Å². The summed E-state index contributed by atoms with van der Waals surface area (Å²) in [6.07, 6.45) is 13.8. The van der Waals surface area contributed by atoms with Crippen LogP contribution in [0.2, 0.25) is 0 Å². The maximum Gasteiger partial charge on any atom is 0.339 e. The molecule has 0 saturated heterocycles. The summed E-state index contributed by atoms with van der Waals surface area (Å²) in [5.74, 6) is -5.69. The summed E-state index contributed by atoms with van der Waals surface area (Å²) in [5.41, 5.74) is -2.45. The molecule has 1 aromatic carbocycles. The van der Waals surface area contributed by atoms with Gasteiger partial charge in [0.1, 0.15) is 0 Å². The quantitative estimate of drug-likeness (QED) is 0.205. The minimum atomic E-state index is -1.60. The van der Waals surface area contributed by atoms with Crippen molar-refractivity contribution in [2.24, 2.45) is 0 Å². The summed E-state index contributed by atoms with van der Waals surface area (Å²) in [6, 6.07) is 1.42. The zero-order chi connectivity index (χ0) is 23.9. The summed E-state index contributed by atoms with van der Waals surface area (Å²) in [6.45, 7) is 2.29. The number of rotatable bonds is 17. The molecule has 0 unspecified atom stereocenters. The van der Waals surface area contributed by atoms with Crippen LogP contribution in [0.1, 0.15) is 125 Å². The summed E-state index contributed by atoms with van der Waals surface area (Å²) in [7, 11) is 0. The molecule has 3 N–H and O–H groups in total. The van der Waals surface area contributed by atoms with Gasteiger partial charge in [-0.1, -0.05) is 77.6 Å². The normalized spacial score (nSPS) is 10.7. The Balaban J connectivity index is 2.42. The second-order valence-corrected chi connectivity index (χ2v) is 7.88. The largest absolute Gasteiger partial charge is 0.478 e. The van der Waals surface area contributed by atoms with E-state index in [2.05, 4.69) is 6.92 Å². The van der Waals surface area contributed by atoms with Crippen molar-refractivity contribution >= 4 is 23.9 Å². The van der Waals surface area contributed by atoms with Crippen molar-refractivity contribution in [2.75, 3.05) is 6.61 Å². The zero-order valence-corrected chi connectivity index (χ0v) is 18.7. The third kappa shape index (κ3) is 9.49. The molecule has 0 aromatic heterocycles. The summed E-state index contributed by atoms with van der Waals surface area (Å²) < 4.78 is 5.10. The highest BCUT2D eigenvalue weighted by atomic mass is 16.5. The third-order valence-corrected chi connectivity index (χ3v) is 5.30. The van der Waals surface area contributed by atoms with Crippen LogP contribution in [0.15, 0.2) is 12.1 Å². The van der Waals surface area contributed by atoms with Crippen LogP contribution in [0.4, 0.5) is 0 Å². The molecule has 0 radical (unpaired) electrons. The van der Waals surface area contributed by atoms with Crippen LogP contribution in [-0.4, -0.2) is 45.8 Å². The predicted octanol–water partition coefficient (Wildman–Crippen LogP) is 5.64. The molecule has 0 atom stereocenters. The van der Waals surface area contributed by atoms with Gasteiger partial charge >= 0.3 is 23.9 Å². The molecule has 0 aliphatic heterocycles. The molecular formula is C24H34O8. The van der Waals surface area contributed by atoms with Gasteiger partial charge in [-0.3, -0.25) is 0 Å². The van der Waals surface area contributed by atoms with Gasteiger partial charge in [-0.25, -0.2) is 19.2 Å². The molecule has 8 nitrogen and oxygen atoms in total. The van der Waals surface area contributed by atoms with Gasteiger partial charge in [0.15, 0.2) is 0 Å². The van der Waals surface area contributed by atoms with E-state index in [1.165, 1.54) is 51.4 Å². The van der Waals surface area contributed by atoms with Crippen molar-refractivity contribution in [1.29, 1.82) is 0 Å². The second kappa shape index (κ2) is 15.0. The third-order valence-electron chi connectivity index (χ3n) is 5.30. The molecule has 0 aliphatic rings. The molecule has 0 spiro atoms. The lowest BCUT2D eigenvalue weighted by atomic mass is 9.98. The molecule has 178 valence electrons. The summed E-state index contributed by atoms with van der Waals surface area (Å²) >= 11 is 0. The predicted molar refractivity (Wildman–Crippen MR) is 119 cm³/mol.